The van der Waals surface area contributed by atoms with Gasteiger partial charge in [-0.3, -0.25) is 0 Å². The molecule has 4 heteroatoms. The van der Waals surface area contributed by atoms with Gasteiger partial charge >= 0.3 is 6.09 Å². The van der Waals surface area contributed by atoms with Crippen molar-refractivity contribution >= 4 is 6.09 Å². The van der Waals surface area contributed by atoms with Gasteiger partial charge in [-0.25, -0.2) is 4.79 Å². The number of carbonyl (C=O) groups is 1. The molecule has 1 atom stereocenters. The van der Waals surface area contributed by atoms with Gasteiger partial charge in [0.2, 0.25) is 0 Å². The third-order valence-corrected chi connectivity index (χ3v) is 2.84. The van der Waals surface area contributed by atoms with Gasteiger partial charge in [-0.2, -0.15) is 0 Å². The molecule has 0 aromatic heterocycles. The number of ether oxygens (including phenoxy) is 1. The molecule has 0 saturated heterocycles. The van der Waals surface area contributed by atoms with Crippen molar-refractivity contribution in [3.8, 4) is 0 Å². The van der Waals surface area contributed by atoms with E-state index in [0.717, 1.165) is 13.0 Å². The van der Waals surface area contributed by atoms with Gasteiger partial charge in [0.05, 0.1) is 0 Å². The maximum Gasteiger partial charge on any atom is 0.410 e. The summed E-state index contributed by atoms with van der Waals surface area (Å²) in [5.41, 5.74) is -0.421. The van der Waals surface area contributed by atoms with Crippen molar-refractivity contribution in [2.45, 2.75) is 59.6 Å². The van der Waals surface area contributed by atoms with Crippen LogP contribution in [0, 0.1) is 5.92 Å². The van der Waals surface area contributed by atoms with Crippen molar-refractivity contribution in [2.24, 2.45) is 5.92 Å². The first-order valence-electron chi connectivity index (χ1n) is 6.81. The summed E-state index contributed by atoms with van der Waals surface area (Å²) < 4.78 is 5.28. The fraction of sp³-hybridized carbons (Fsp3) is 0.929. The quantitative estimate of drug-likeness (QED) is 0.745. The Morgan fingerprint density at radius 1 is 1.28 bits per heavy atom. The number of rotatable bonds is 6. The molecule has 0 saturated carbocycles. The third kappa shape index (κ3) is 8.34. The van der Waals surface area contributed by atoms with Crippen molar-refractivity contribution in [3.63, 3.8) is 0 Å². The highest BCUT2D eigenvalue weighted by Crippen LogP contribution is 2.09. The summed E-state index contributed by atoms with van der Waals surface area (Å²) in [4.78, 5) is 13.3. The first-order chi connectivity index (χ1) is 8.13. The molecular weight excluding hydrogens is 228 g/mol. The SMILES string of the molecule is CC(C)C(C)NCCCN(C)C(=O)OC(C)(C)C. The van der Waals surface area contributed by atoms with E-state index in [-0.39, 0.29) is 6.09 Å². The standard InChI is InChI=1S/C14H30N2O2/c1-11(2)12(3)15-9-8-10-16(7)13(17)18-14(4,5)6/h11-12,15H,8-10H2,1-7H3. The molecule has 0 aromatic rings. The number of nitrogens with zero attached hydrogens (tertiary/aromatic N) is 1. The smallest absolute Gasteiger partial charge is 0.410 e. The fourth-order valence-corrected chi connectivity index (χ4v) is 1.31. The van der Waals surface area contributed by atoms with Crippen molar-refractivity contribution in [1.82, 2.24) is 10.2 Å². The van der Waals surface area contributed by atoms with Crippen LogP contribution in [0.3, 0.4) is 0 Å². The zero-order chi connectivity index (χ0) is 14.3. The molecule has 0 aliphatic rings. The van der Waals surface area contributed by atoms with E-state index in [2.05, 4.69) is 26.1 Å². The second kappa shape index (κ2) is 7.62. The second-order valence-electron chi connectivity index (χ2n) is 6.24. The highest BCUT2D eigenvalue weighted by Gasteiger charge is 2.19. The predicted molar refractivity (Wildman–Crippen MR) is 75.8 cm³/mol. The molecule has 0 fully saturated rings. The lowest BCUT2D eigenvalue weighted by Gasteiger charge is -2.25. The molecule has 1 amide bonds. The van der Waals surface area contributed by atoms with E-state index in [4.69, 9.17) is 4.74 Å². The van der Waals surface area contributed by atoms with Gasteiger partial charge in [0.1, 0.15) is 5.60 Å². The number of amides is 1. The summed E-state index contributed by atoms with van der Waals surface area (Å²) >= 11 is 0. The largest absolute Gasteiger partial charge is 0.444 e. The Kier molecular flexibility index (Phi) is 7.29. The summed E-state index contributed by atoms with van der Waals surface area (Å²) in [6, 6.07) is 0.511. The molecule has 0 spiro atoms. The molecule has 0 rings (SSSR count). The zero-order valence-corrected chi connectivity index (χ0v) is 13.0. The minimum absolute atomic E-state index is 0.251. The Hall–Kier alpha value is -0.770. The molecule has 0 aliphatic carbocycles. The highest BCUT2D eigenvalue weighted by molar-refractivity contribution is 5.67. The first kappa shape index (κ1) is 17.2. The van der Waals surface area contributed by atoms with E-state index >= 15 is 0 Å². The maximum atomic E-state index is 11.7. The summed E-state index contributed by atoms with van der Waals surface area (Å²) in [5.74, 6) is 0.633. The molecule has 0 bridgehead atoms. The number of carbonyl (C=O) groups excluding carboxylic acids is 1. The number of nitrogens with one attached hydrogen (secondary N) is 1. The summed E-state index contributed by atoms with van der Waals surface area (Å²) in [6.45, 7) is 13.9. The average molecular weight is 258 g/mol. The lowest BCUT2D eigenvalue weighted by Crippen LogP contribution is -2.37. The van der Waals surface area contributed by atoms with Gasteiger partial charge in [-0.05, 0) is 46.6 Å². The first-order valence-corrected chi connectivity index (χ1v) is 6.81. The Morgan fingerprint density at radius 3 is 2.28 bits per heavy atom. The summed E-state index contributed by atoms with van der Waals surface area (Å²) in [7, 11) is 1.78. The fourth-order valence-electron chi connectivity index (χ4n) is 1.31. The Labute approximate surface area is 112 Å². The molecular formula is C14H30N2O2. The Balaban J connectivity index is 3.77. The Morgan fingerprint density at radius 2 is 1.83 bits per heavy atom. The van der Waals surface area contributed by atoms with Gasteiger partial charge in [0.25, 0.3) is 0 Å². The van der Waals surface area contributed by atoms with Crippen LogP contribution >= 0.6 is 0 Å². The molecule has 0 heterocycles. The van der Waals surface area contributed by atoms with Crippen LogP contribution in [0.1, 0.15) is 48.0 Å². The molecule has 0 aromatic carbocycles. The van der Waals surface area contributed by atoms with Gasteiger partial charge in [0, 0.05) is 19.6 Å². The topological polar surface area (TPSA) is 41.6 Å². The van der Waals surface area contributed by atoms with E-state index in [9.17, 15) is 4.79 Å². The summed E-state index contributed by atoms with van der Waals surface area (Å²) in [6.07, 6.45) is 0.687. The van der Waals surface area contributed by atoms with Crippen LogP contribution in [-0.4, -0.2) is 42.8 Å². The van der Waals surface area contributed by atoms with Crippen LogP contribution in [0.25, 0.3) is 0 Å². The average Bonchev–Trinajstić information content (AvgIpc) is 2.20. The Bertz CT molecular complexity index is 247. The molecule has 0 radical (unpaired) electrons. The molecule has 1 N–H and O–H groups in total. The third-order valence-electron chi connectivity index (χ3n) is 2.84. The van der Waals surface area contributed by atoms with E-state index in [1.807, 2.05) is 20.8 Å². The van der Waals surface area contributed by atoms with Gasteiger partial charge in [-0.1, -0.05) is 13.8 Å². The van der Waals surface area contributed by atoms with Crippen LogP contribution in [0.5, 0.6) is 0 Å². The lowest BCUT2D eigenvalue weighted by molar-refractivity contribution is 0.0297. The van der Waals surface area contributed by atoms with Gasteiger partial charge in [-0.15, -0.1) is 0 Å². The van der Waals surface area contributed by atoms with Crippen molar-refractivity contribution in [3.05, 3.63) is 0 Å². The van der Waals surface area contributed by atoms with Crippen molar-refractivity contribution in [2.75, 3.05) is 20.1 Å². The van der Waals surface area contributed by atoms with E-state index < -0.39 is 5.60 Å². The van der Waals surface area contributed by atoms with Crippen molar-refractivity contribution < 1.29 is 9.53 Å². The van der Waals surface area contributed by atoms with E-state index in [1.165, 1.54) is 0 Å². The van der Waals surface area contributed by atoms with Crippen LogP contribution in [0.2, 0.25) is 0 Å². The lowest BCUT2D eigenvalue weighted by atomic mass is 10.1. The molecule has 108 valence electrons. The normalized spacial score (nSPS) is 13.6. The number of hydrogen-bond donors (Lipinski definition) is 1. The van der Waals surface area contributed by atoms with Crippen LogP contribution in [0.4, 0.5) is 4.79 Å². The van der Waals surface area contributed by atoms with Crippen LogP contribution < -0.4 is 5.32 Å². The molecule has 18 heavy (non-hydrogen) atoms. The maximum absolute atomic E-state index is 11.7. The van der Waals surface area contributed by atoms with Gasteiger partial charge < -0.3 is 15.0 Å². The monoisotopic (exact) mass is 258 g/mol. The minimum atomic E-state index is -0.421. The molecule has 1 unspecified atom stereocenters. The molecule has 0 aliphatic heterocycles. The van der Waals surface area contributed by atoms with Crippen LogP contribution in [0.15, 0.2) is 0 Å². The minimum Gasteiger partial charge on any atom is -0.444 e. The van der Waals surface area contributed by atoms with Crippen LogP contribution in [-0.2, 0) is 4.74 Å². The summed E-state index contributed by atoms with van der Waals surface area (Å²) in [5, 5.41) is 3.45. The zero-order valence-electron chi connectivity index (χ0n) is 13.0. The van der Waals surface area contributed by atoms with Gasteiger partial charge in [0.15, 0.2) is 0 Å². The predicted octanol–water partition coefficient (Wildman–Crippen LogP) is 2.88. The van der Waals surface area contributed by atoms with E-state index in [0.29, 0.717) is 18.5 Å². The highest BCUT2D eigenvalue weighted by atomic mass is 16.6. The number of hydrogen-bond acceptors (Lipinski definition) is 3. The van der Waals surface area contributed by atoms with Crippen molar-refractivity contribution in [1.29, 1.82) is 0 Å². The second-order valence-corrected chi connectivity index (χ2v) is 6.24. The molecule has 4 nitrogen and oxygen atoms in total. The van der Waals surface area contributed by atoms with E-state index in [1.54, 1.807) is 11.9 Å².